The average Bonchev–Trinajstić information content (AvgIpc) is 2.89. The summed E-state index contributed by atoms with van der Waals surface area (Å²) in [6.45, 7) is 1.88. The van der Waals surface area contributed by atoms with E-state index in [9.17, 15) is 19.1 Å². The van der Waals surface area contributed by atoms with Gasteiger partial charge in [-0.1, -0.05) is 33.6 Å². The van der Waals surface area contributed by atoms with Crippen molar-refractivity contribution >= 4 is 56.5 Å². The lowest BCUT2D eigenvalue weighted by Gasteiger charge is -2.14. The van der Waals surface area contributed by atoms with Crippen molar-refractivity contribution < 1.29 is 23.8 Å². The maximum atomic E-state index is 14.0. The highest BCUT2D eigenvalue weighted by molar-refractivity contribution is 9.10. The Hall–Kier alpha value is -2.03. The van der Waals surface area contributed by atoms with Gasteiger partial charge in [-0.2, -0.15) is 0 Å². The normalized spacial score (nSPS) is 15.6. The van der Waals surface area contributed by atoms with Gasteiger partial charge in [0.2, 0.25) is 0 Å². The maximum Gasteiger partial charge on any atom is 0.293 e. The van der Waals surface area contributed by atoms with E-state index in [2.05, 4.69) is 15.9 Å². The van der Waals surface area contributed by atoms with Gasteiger partial charge in [-0.05, 0) is 54.6 Å². The Balaban J connectivity index is 1.90. The first-order valence-electron chi connectivity index (χ1n) is 8.15. The number of hydrogen-bond donors (Lipinski definition) is 1. The van der Waals surface area contributed by atoms with Gasteiger partial charge in [0.1, 0.15) is 5.82 Å². The van der Waals surface area contributed by atoms with Crippen LogP contribution in [0, 0.1) is 5.82 Å². The van der Waals surface area contributed by atoms with Crippen LogP contribution >= 0.6 is 39.3 Å². The third-order valence-electron chi connectivity index (χ3n) is 3.92. The Morgan fingerprint density at radius 3 is 2.79 bits per heavy atom. The van der Waals surface area contributed by atoms with E-state index in [1.807, 2.05) is 0 Å². The second kappa shape index (κ2) is 8.55. The van der Waals surface area contributed by atoms with Crippen molar-refractivity contribution in [3.63, 3.8) is 0 Å². The van der Waals surface area contributed by atoms with Crippen LogP contribution in [0.1, 0.15) is 18.1 Å². The number of amides is 2. The minimum atomic E-state index is -0.585. The zero-order valence-electron chi connectivity index (χ0n) is 14.5. The number of benzene rings is 2. The Labute approximate surface area is 178 Å². The number of nitrogens with zero attached hydrogens (tertiary/aromatic N) is 1. The number of aromatic hydroxyl groups is 1. The quantitative estimate of drug-likeness (QED) is 0.559. The molecule has 0 spiro atoms. The van der Waals surface area contributed by atoms with Gasteiger partial charge in [0, 0.05) is 15.1 Å². The lowest BCUT2D eigenvalue weighted by atomic mass is 10.1. The number of imide groups is 1. The van der Waals surface area contributed by atoms with Crippen molar-refractivity contribution in [2.75, 3.05) is 6.61 Å². The molecule has 1 aliphatic heterocycles. The monoisotopic (exact) mass is 485 g/mol. The predicted octanol–water partition coefficient (Wildman–Crippen LogP) is 5.58. The molecule has 2 amide bonds. The summed E-state index contributed by atoms with van der Waals surface area (Å²) >= 11 is 10.1. The highest BCUT2D eigenvalue weighted by Gasteiger charge is 2.36. The molecule has 146 valence electrons. The van der Waals surface area contributed by atoms with Gasteiger partial charge in [0.05, 0.1) is 18.1 Å². The number of thioether (sulfide) groups is 1. The van der Waals surface area contributed by atoms with E-state index >= 15 is 0 Å². The molecule has 0 radical (unpaired) electrons. The second-order valence-electron chi connectivity index (χ2n) is 5.74. The van der Waals surface area contributed by atoms with Crippen molar-refractivity contribution in [2.45, 2.75) is 13.5 Å². The molecule has 1 aliphatic rings. The van der Waals surface area contributed by atoms with Gasteiger partial charge in [-0.3, -0.25) is 14.5 Å². The molecule has 1 heterocycles. The molecule has 28 heavy (non-hydrogen) atoms. The number of carbonyl (C=O) groups excluding carboxylic acids is 2. The molecule has 0 unspecified atom stereocenters. The first kappa shape index (κ1) is 20.7. The van der Waals surface area contributed by atoms with E-state index in [4.69, 9.17) is 16.3 Å². The second-order valence-corrected chi connectivity index (χ2v) is 8.00. The van der Waals surface area contributed by atoms with Crippen LogP contribution in [-0.4, -0.2) is 27.8 Å². The van der Waals surface area contributed by atoms with Crippen molar-refractivity contribution in [3.05, 3.63) is 61.7 Å². The average molecular weight is 487 g/mol. The summed E-state index contributed by atoms with van der Waals surface area (Å²) < 4.78 is 19.9. The number of halogens is 3. The highest BCUT2D eigenvalue weighted by Crippen LogP contribution is 2.38. The van der Waals surface area contributed by atoms with Crippen LogP contribution in [0.2, 0.25) is 5.02 Å². The highest BCUT2D eigenvalue weighted by atomic mass is 79.9. The summed E-state index contributed by atoms with van der Waals surface area (Å²) in [5, 5.41) is 9.53. The number of ether oxygens (including phenoxy) is 1. The van der Waals surface area contributed by atoms with Gasteiger partial charge >= 0.3 is 0 Å². The molecule has 0 saturated carbocycles. The minimum absolute atomic E-state index is 0.0480. The molecule has 0 atom stereocenters. The summed E-state index contributed by atoms with van der Waals surface area (Å²) in [4.78, 5) is 26.1. The fourth-order valence-electron chi connectivity index (χ4n) is 2.56. The van der Waals surface area contributed by atoms with E-state index in [-0.39, 0.29) is 33.5 Å². The summed E-state index contributed by atoms with van der Waals surface area (Å²) in [6, 6.07) is 7.18. The van der Waals surface area contributed by atoms with Crippen molar-refractivity contribution in [3.8, 4) is 11.5 Å². The Morgan fingerprint density at radius 1 is 1.36 bits per heavy atom. The maximum absolute atomic E-state index is 14.0. The number of rotatable bonds is 5. The van der Waals surface area contributed by atoms with E-state index in [1.165, 1.54) is 30.3 Å². The van der Waals surface area contributed by atoms with E-state index < -0.39 is 17.0 Å². The van der Waals surface area contributed by atoms with Crippen molar-refractivity contribution in [2.24, 2.45) is 0 Å². The van der Waals surface area contributed by atoms with E-state index in [1.54, 1.807) is 13.0 Å². The van der Waals surface area contributed by atoms with Gasteiger partial charge in [0.25, 0.3) is 11.1 Å². The van der Waals surface area contributed by atoms with Crippen LogP contribution < -0.4 is 4.74 Å². The van der Waals surface area contributed by atoms with Crippen LogP contribution in [0.4, 0.5) is 9.18 Å². The molecule has 1 fully saturated rings. The first-order chi connectivity index (χ1) is 13.3. The largest absolute Gasteiger partial charge is 0.504 e. The van der Waals surface area contributed by atoms with Gasteiger partial charge in [-0.15, -0.1) is 0 Å². The molecule has 0 bridgehead atoms. The van der Waals surface area contributed by atoms with E-state index in [0.29, 0.717) is 16.6 Å². The molecule has 2 aromatic rings. The fourth-order valence-corrected chi connectivity index (χ4v) is 4.06. The molecule has 9 heteroatoms. The molecule has 2 aromatic carbocycles. The molecular weight excluding hydrogens is 473 g/mol. The predicted molar refractivity (Wildman–Crippen MR) is 110 cm³/mol. The van der Waals surface area contributed by atoms with Crippen LogP contribution in [0.5, 0.6) is 11.5 Å². The smallest absolute Gasteiger partial charge is 0.293 e. The third-order valence-corrected chi connectivity index (χ3v) is 5.86. The van der Waals surface area contributed by atoms with Crippen molar-refractivity contribution in [1.82, 2.24) is 4.90 Å². The summed E-state index contributed by atoms with van der Waals surface area (Å²) in [5.74, 6) is -0.923. The summed E-state index contributed by atoms with van der Waals surface area (Å²) in [7, 11) is 0. The lowest BCUT2D eigenvalue weighted by molar-refractivity contribution is -0.123. The first-order valence-corrected chi connectivity index (χ1v) is 10.1. The van der Waals surface area contributed by atoms with Gasteiger partial charge < -0.3 is 9.84 Å². The molecular formula is C19H14BrClFNO4S. The number of phenolic OH excluding ortho intramolecular Hbond substituents is 1. The number of carbonyl (C=O) groups is 2. The van der Waals surface area contributed by atoms with Crippen LogP contribution in [0.3, 0.4) is 0 Å². The Bertz CT molecular complexity index is 978. The van der Waals surface area contributed by atoms with Crippen LogP contribution in [0.15, 0.2) is 39.7 Å². The molecule has 5 nitrogen and oxygen atoms in total. The molecule has 1 saturated heterocycles. The summed E-state index contributed by atoms with van der Waals surface area (Å²) in [6.07, 6.45) is 1.51. The van der Waals surface area contributed by atoms with Gasteiger partial charge in [-0.25, -0.2) is 4.39 Å². The molecule has 0 aromatic heterocycles. The third kappa shape index (κ3) is 4.19. The van der Waals surface area contributed by atoms with Crippen molar-refractivity contribution in [1.29, 1.82) is 0 Å². The van der Waals surface area contributed by atoms with Crippen LogP contribution in [-0.2, 0) is 11.3 Å². The minimum Gasteiger partial charge on any atom is -0.504 e. The number of hydrogen-bond acceptors (Lipinski definition) is 5. The van der Waals surface area contributed by atoms with Crippen LogP contribution in [0.25, 0.3) is 6.08 Å². The molecule has 1 N–H and O–H groups in total. The zero-order chi connectivity index (χ0) is 20.4. The number of phenols is 1. The molecule has 3 rings (SSSR count). The Morgan fingerprint density at radius 2 is 2.11 bits per heavy atom. The Kier molecular flexibility index (Phi) is 6.32. The van der Waals surface area contributed by atoms with Gasteiger partial charge in [0.15, 0.2) is 11.5 Å². The standard InChI is InChI=1S/C19H14BrClFNO4S/c1-2-27-16-6-10(12(20)8-15(16)24)7-17-18(25)23(19(26)28-17)9-11-13(21)4-3-5-14(11)22/h3-8,24H,2,9H2,1H3/b17-7+. The topological polar surface area (TPSA) is 66.8 Å². The lowest BCUT2D eigenvalue weighted by Crippen LogP contribution is -2.28. The fraction of sp³-hybridized carbons (Fsp3) is 0.158. The zero-order valence-corrected chi connectivity index (χ0v) is 17.7. The molecule has 0 aliphatic carbocycles. The summed E-state index contributed by atoms with van der Waals surface area (Å²) in [5.41, 5.74) is 0.632. The SMILES string of the molecule is CCOc1cc(/C=C2/SC(=O)N(Cc3c(F)cccc3Cl)C2=O)c(Br)cc1O. The van der Waals surface area contributed by atoms with E-state index in [0.717, 1.165) is 16.7 Å².